The Morgan fingerprint density at radius 3 is 2.19 bits per heavy atom. The smallest absolute Gasteiger partial charge is 0.0657 e. The number of ether oxygens (including phenoxy) is 1. The molecule has 114 valence electrons. The minimum Gasteiger partial charge on any atom is -0.383 e. The SMILES string of the molecule is COCC(NC1C2CC3CC(C2)CC1C3)c1ccccc1. The molecule has 0 saturated heterocycles. The summed E-state index contributed by atoms with van der Waals surface area (Å²) < 4.78 is 5.49. The fraction of sp³-hybridized carbons (Fsp3) is 0.684. The molecule has 0 radical (unpaired) electrons. The lowest BCUT2D eigenvalue weighted by Crippen LogP contribution is -2.55. The summed E-state index contributed by atoms with van der Waals surface area (Å²) in [5, 5.41) is 3.99. The molecule has 1 aromatic rings. The summed E-state index contributed by atoms with van der Waals surface area (Å²) >= 11 is 0. The molecule has 5 rings (SSSR count). The number of methoxy groups -OCH3 is 1. The molecule has 1 N–H and O–H groups in total. The van der Waals surface area contributed by atoms with E-state index in [9.17, 15) is 0 Å². The summed E-state index contributed by atoms with van der Waals surface area (Å²) in [7, 11) is 1.81. The number of hydrogen-bond donors (Lipinski definition) is 1. The maximum absolute atomic E-state index is 5.49. The first-order valence-corrected chi connectivity index (χ1v) is 8.63. The van der Waals surface area contributed by atoms with Gasteiger partial charge in [-0.1, -0.05) is 30.3 Å². The molecule has 4 aliphatic carbocycles. The van der Waals surface area contributed by atoms with Crippen LogP contribution in [0.5, 0.6) is 0 Å². The second-order valence-corrected chi connectivity index (χ2v) is 7.54. The molecule has 1 atom stereocenters. The lowest BCUT2D eigenvalue weighted by atomic mass is 9.54. The molecule has 4 fully saturated rings. The van der Waals surface area contributed by atoms with Crippen molar-refractivity contribution in [3.63, 3.8) is 0 Å². The summed E-state index contributed by atoms with van der Waals surface area (Å²) in [6.45, 7) is 0.771. The van der Waals surface area contributed by atoms with Crippen LogP contribution in [0.25, 0.3) is 0 Å². The minimum absolute atomic E-state index is 0.346. The van der Waals surface area contributed by atoms with Crippen molar-refractivity contribution < 1.29 is 4.74 Å². The van der Waals surface area contributed by atoms with Gasteiger partial charge in [0.25, 0.3) is 0 Å². The van der Waals surface area contributed by atoms with Crippen molar-refractivity contribution >= 4 is 0 Å². The highest BCUT2D eigenvalue weighted by atomic mass is 16.5. The molecule has 2 nitrogen and oxygen atoms in total. The van der Waals surface area contributed by atoms with Crippen LogP contribution in [-0.4, -0.2) is 19.8 Å². The highest BCUT2D eigenvalue weighted by Gasteiger charge is 2.48. The van der Waals surface area contributed by atoms with E-state index < -0.39 is 0 Å². The first-order valence-electron chi connectivity index (χ1n) is 8.63. The number of rotatable bonds is 5. The standard InChI is InChI=1S/C19H27NO/c1-21-12-18(15-5-3-2-4-6-15)20-19-16-8-13-7-14(10-16)11-17(19)9-13/h2-6,13-14,16-20H,7-12H2,1H3. The van der Waals surface area contributed by atoms with E-state index in [4.69, 9.17) is 4.74 Å². The van der Waals surface area contributed by atoms with Crippen molar-refractivity contribution in [3.05, 3.63) is 35.9 Å². The van der Waals surface area contributed by atoms with E-state index in [-0.39, 0.29) is 0 Å². The maximum atomic E-state index is 5.49. The number of benzene rings is 1. The van der Waals surface area contributed by atoms with E-state index in [1.807, 2.05) is 7.11 Å². The third kappa shape index (κ3) is 2.64. The summed E-state index contributed by atoms with van der Waals surface area (Å²) in [6.07, 6.45) is 7.41. The summed E-state index contributed by atoms with van der Waals surface area (Å²) in [5.41, 5.74) is 1.37. The third-order valence-electron chi connectivity index (χ3n) is 6.16. The molecule has 2 heteroatoms. The van der Waals surface area contributed by atoms with Crippen molar-refractivity contribution in [3.8, 4) is 0 Å². The fourth-order valence-electron chi connectivity index (χ4n) is 5.52. The average Bonchev–Trinajstić information content (AvgIpc) is 2.50. The Hall–Kier alpha value is -0.860. The normalized spacial score (nSPS) is 38.6. The molecule has 4 bridgehead atoms. The van der Waals surface area contributed by atoms with Crippen LogP contribution in [-0.2, 0) is 4.74 Å². The third-order valence-corrected chi connectivity index (χ3v) is 6.16. The molecule has 1 unspecified atom stereocenters. The fourth-order valence-corrected chi connectivity index (χ4v) is 5.52. The summed E-state index contributed by atoms with van der Waals surface area (Å²) in [4.78, 5) is 0. The van der Waals surface area contributed by atoms with Crippen LogP contribution in [0.3, 0.4) is 0 Å². The van der Waals surface area contributed by atoms with E-state index in [0.29, 0.717) is 6.04 Å². The van der Waals surface area contributed by atoms with Crippen LogP contribution in [0.4, 0.5) is 0 Å². The van der Waals surface area contributed by atoms with Gasteiger partial charge in [0.15, 0.2) is 0 Å². The Morgan fingerprint density at radius 1 is 1.00 bits per heavy atom. The molecular weight excluding hydrogens is 258 g/mol. The van der Waals surface area contributed by atoms with Crippen molar-refractivity contribution in [1.82, 2.24) is 5.32 Å². The Kier molecular flexibility index (Phi) is 3.76. The topological polar surface area (TPSA) is 21.3 Å². The second-order valence-electron chi connectivity index (χ2n) is 7.54. The first kappa shape index (κ1) is 13.8. The van der Waals surface area contributed by atoms with Gasteiger partial charge in [0.05, 0.1) is 12.6 Å². The lowest BCUT2D eigenvalue weighted by Gasteiger charge is -2.55. The van der Waals surface area contributed by atoms with Gasteiger partial charge >= 0.3 is 0 Å². The Labute approximate surface area is 128 Å². The van der Waals surface area contributed by atoms with Gasteiger partial charge in [-0.25, -0.2) is 0 Å². The van der Waals surface area contributed by atoms with Crippen LogP contribution in [0.2, 0.25) is 0 Å². The largest absolute Gasteiger partial charge is 0.383 e. The van der Waals surface area contributed by atoms with Crippen molar-refractivity contribution in [1.29, 1.82) is 0 Å². The maximum Gasteiger partial charge on any atom is 0.0657 e. The molecule has 0 heterocycles. The monoisotopic (exact) mass is 285 g/mol. The van der Waals surface area contributed by atoms with Gasteiger partial charge in [-0.15, -0.1) is 0 Å². The molecule has 0 spiro atoms. The zero-order chi connectivity index (χ0) is 14.2. The summed E-state index contributed by atoms with van der Waals surface area (Å²) in [5.74, 6) is 3.93. The van der Waals surface area contributed by atoms with Crippen molar-refractivity contribution in [2.24, 2.45) is 23.7 Å². The van der Waals surface area contributed by atoms with Gasteiger partial charge in [0, 0.05) is 13.2 Å². The molecule has 4 saturated carbocycles. The Morgan fingerprint density at radius 2 is 1.62 bits per heavy atom. The Balaban J connectivity index is 1.50. The van der Waals surface area contributed by atoms with Crippen LogP contribution in [0.15, 0.2) is 30.3 Å². The van der Waals surface area contributed by atoms with Gasteiger partial charge in [0.2, 0.25) is 0 Å². The highest BCUT2D eigenvalue weighted by Crippen LogP contribution is 2.54. The Bertz CT molecular complexity index is 444. The average molecular weight is 285 g/mol. The van der Waals surface area contributed by atoms with Crippen LogP contribution in [0.1, 0.15) is 43.7 Å². The summed E-state index contributed by atoms with van der Waals surface area (Å²) in [6, 6.07) is 11.9. The lowest BCUT2D eigenvalue weighted by molar-refractivity contribution is -0.0214. The predicted molar refractivity (Wildman–Crippen MR) is 85.0 cm³/mol. The van der Waals surface area contributed by atoms with E-state index in [1.165, 1.54) is 37.7 Å². The molecule has 21 heavy (non-hydrogen) atoms. The molecule has 0 aliphatic heterocycles. The number of hydrogen-bond acceptors (Lipinski definition) is 2. The van der Waals surface area contributed by atoms with E-state index in [2.05, 4.69) is 35.6 Å². The highest BCUT2D eigenvalue weighted by molar-refractivity contribution is 5.19. The molecule has 0 aromatic heterocycles. The predicted octanol–water partition coefficient (Wildman–Crippen LogP) is 3.79. The van der Waals surface area contributed by atoms with Crippen molar-refractivity contribution in [2.75, 3.05) is 13.7 Å². The zero-order valence-electron chi connectivity index (χ0n) is 13.0. The molecule has 1 aromatic carbocycles. The van der Waals surface area contributed by atoms with Crippen LogP contribution >= 0.6 is 0 Å². The molecule has 4 aliphatic rings. The zero-order valence-corrected chi connectivity index (χ0v) is 13.0. The van der Waals surface area contributed by atoms with Gasteiger partial charge in [-0.05, 0) is 61.3 Å². The number of nitrogens with one attached hydrogen (secondary N) is 1. The van der Waals surface area contributed by atoms with Crippen LogP contribution in [0, 0.1) is 23.7 Å². The van der Waals surface area contributed by atoms with Gasteiger partial charge in [0.1, 0.15) is 0 Å². The molecule has 0 amide bonds. The quantitative estimate of drug-likeness (QED) is 0.888. The molecular formula is C19H27NO. The van der Waals surface area contributed by atoms with Gasteiger partial charge < -0.3 is 10.1 Å². The van der Waals surface area contributed by atoms with E-state index in [1.54, 1.807) is 0 Å². The van der Waals surface area contributed by atoms with Crippen LogP contribution < -0.4 is 5.32 Å². The van der Waals surface area contributed by atoms with E-state index in [0.717, 1.165) is 36.3 Å². The minimum atomic E-state index is 0.346. The van der Waals surface area contributed by atoms with Gasteiger partial charge in [-0.3, -0.25) is 0 Å². The first-order chi connectivity index (χ1) is 10.3. The van der Waals surface area contributed by atoms with E-state index >= 15 is 0 Å². The van der Waals surface area contributed by atoms with Crippen molar-refractivity contribution in [2.45, 2.75) is 44.2 Å². The second kappa shape index (κ2) is 5.73. The van der Waals surface area contributed by atoms with Gasteiger partial charge in [-0.2, -0.15) is 0 Å².